The van der Waals surface area contributed by atoms with Gasteiger partial charge in [0.1, 0.15) is 23.3 Å². The topological polar surface area (TPSA) is 230 Å². The summed E-state index contributed by atoms with van der Waals surface area (Å²) in [5.74, 6) is -2.03. The third kappa shape index (κ3) is 21.0. The smallest absolute Gasteiger partial charge is 0.308 e. The Labute approximate surface area is 429 Å². The summed E-state index contributed by atoms with van der Waals surface area (Å²) < 4.78 is 31.7. The van der Waals surface area contributed by atoms with Crippen LogP contribution in [0.3, 0.4) is 0 Å². The van der Waals surface area contributed by atoms with Crippen LogP contribution in [0.2, 0.25) is 0 Å². The number of carboxylic acid groups (broad SMARTS) is 1. The minimum Gasteiger partial charge on any atom is -0.481 e. The van der Waals surface area contributed by atoms with Crippen LogP contribution in [0.5, 0.6) is 0 Å². The van der Waals surface area contributed by atoms with Gasteiger partial charge in [0.05, 0.1) is 44.6 Å². The maximum absolute atomic E-state index is 13.3. The van der Waals surface area contributed by atoms with E-state index in [1.165, 1.54) is 24.3 Å². The van der Waals surface area contributed by atoms with Crippen LogP contribution in [0.15, 0.2) is 146 Å². The molecule has 0 saturated carbocycles. The Balaban J connectivity index is 0.000000274. The van der Waals surface area contributed by atoms with Gasteiger partial charge in [0.2, 0.25) is 23.6 Å². The van der Waals surface area contributed by atoms with Gasteiger partial charge < -0.3 is 41.7 Å². The quantitative estimate of drug-likeness (QED) is 0.0191. The number of hydrogen-bond acceptors (Lipinski definition) is 11. The molecule has 2 unspecified atom stereocenters. The Kier molecular flexibility index (Phi) is 23.6. The number of unbranched alkanes of at least 4 members (excludes halogenated alkanes) is 2. The number of benzene rings is 4. The summed E-state index contributed by atoms with van der Waals surface area (Å²) in [7, 11) is 0. The second-order valence-electron chi connectivity index (χ2n) is 16.9. The van der Waals surface area contributed by atoms with Crippen molar-refractivity contribution in [3.05, 3.63) is 169 Å². The Morgan fingerprint density at radius 2 is 0.973 bits per heavy atom. The van der Waals surface area contributed by atoms with Crippen LogP contribution in [0.1, 0.15) is 81.5 Å². The molecule has 2 aromatic heterocycles. The number of aliphatic carboxylic acids is 1. The fraction of sp³-hybridized carbons (Fsp3) is 0.286. The van der Waals surface area contributed by atoms with E-state index in [2.05, 4.69) is 41.9 Å². The highest BCUT2D eigenvalue weighted by atomic mass is 19.1. The van der Waals surface area contributed by atoms with Gasteiger partial charge in [0, 0.05) is 38.3 Å². The number of carbonyl (C=O) groups excluding carboxylic acids is 5. The van der Waals surface area contributed by atoms with E-state index in [1.54, 1.807) is 67.8 Å². The first kappa shape index (κ1) is 56.4. The van der Waals surface area contributed by atoms with Gasteiger partial charge in [0.25, 0.3) is 0 Å². The van der Waals surface area contributed by atoms with Crippen molar-refractivity contribution in [3.8, 4) is 22.3 Å². The van der Waals surface area contributed by atoms with Crippen LogP contribution in [0, 0.1) is 11.6 Å². The molecule has 0 aliphatic rings. The van der Waals surface area contributed by atoms with Crippen LogP contribution < -0.4 is 31.9 Å². The van der Waals surface area contributed by atoms with Gasteiger partial charge >= 0.3 is 11.9 Å². The van der Waals surface area contributed by atoms with Crippen LogP contribution >= 0.6 is 0 Å². The lowest BCUT2D eigenvalue weighted by Crippen LogP contribution is -2.39. The Morgan fingerprint density at radius 1 is 0.527 bits per heavy atom. The summed E-state index contributed by atoms with van der Waals surface area (Å²) >= 11 is 0. The first-order valence-corrected chi connectivity index (χ1v) is 24.4. The van der Waals surface area contributed by atoms with E-state index in [1.807, 2.05) is 60.7 Å². The second-order valence-corrected chi connectivity index (χ2v) is 16.9. The number of ether oxygens (including phenoxy) is 1. The van der Waals surface area contributed by atoms with Crippen molar-refractivity contribution in [2.45, 2.75) is 70.4 Å². The van der Waals surface area contributed by atoms with Crippen molar-refractivity contribution in [2.24, 2.45) is 0 Å². The molecule has 2 atom stereocenters. The lowest BCUT2D eigenvalue weighted by molar-refractivity contribution is -0.144. The first-order valence-electron chi connectivity index (χ1n) is 24.4. The predicted octanol–water partition coefficient (Wildman–Crippen LogP) is 8.32. The van der Waals surface area contributed by atoms with Crippen molar-refractivity contribution in [1.29, 1.82) is 0 Å². The lowest BCUT2D eigenvalue weighted by atomic mass is 9.97. The number of esters is 1. The highest BCUT2D eigenvalue weighted by Gasteiger charge is 2.22. The Hall–Kier alpha value is -8.54. The number of carboxylic acids is 1. The summed E-state index contributed by atoms with van der Waals surface area (Å²) in [5.41, 5.74) is 4.44. The molecule has 4 amide bonds. The molecule has 4 aromatic carbocycles. The molecule has 0 radical (unpaired) electrons. The number of aromatic nitrogens is 2. The van der Waals surface area contributed by atoms with E-state index in [0.29, 0.717) is 43.5 Å². The first-order chi connectivity index (χ1) is 35.8. The molecule has 0 bridgehead atoms. The van der Waals surface area contributed by atoms with E-state index in [9.17, 15) is 42.7 Å². The fourth-order valence-electron chi connectivity index (χ4n) is 7.43. The number of nitrogens with zero attached hydrogens (tertiary/aromatic N) is 2. The largest absolute Gasteiger partial charge is 0.481 e. The van der Waals surface area contributed by atoms with Crippen molar-refractivity contribution >= 4 is 47.2 Å². The number of hydrogen-bond donors (Lipinski definition) is 7. The molecule has 74 heavy (non-hydrogen) atoms. The van der Waals surface area contributed by atoms with Gasteiger partial charge in [-0.2, -0.15) is 0 Å². The zero-order chi connectivity index (χ0) is 52.9. The van der Waals surface area contributed by atoms with Crippen molar-refractivity contribution < 1.29 is 47.4 Å². The zero-order valence-corrected chi connectivity index (χ0v) is 41.2. The molecule has 6 aromatic rings. The molecule has 0 aliphatic heterocycles. The van der Waals surface area contributed by atoms with E-state index in [0.717, 1.165) is 46.7 Å². The minimum atomic E-state index is -1.07. The number of rotatable bonds is 27. The van der Waals surface area contributed by atoms with Crippen LogP contribution in [-0.2, 0) is 33.5 Å². The molecule has 6 rings (SSSR count). The molecule has 0 aliphatic carbocycles. The highest BCUT2D eigenvalue weighted by Crippen LogP contribution is 2.27. The summed E-state index contributed by atoms with van der Waals surface area (Å²) in [6, 6.07) is 36.2. The average molecular weight is 1010 g/mol. The van der Waals surface area contributed by atoms with Gasteiger partial charge in [-0.05, 0) is 127 Å². The monoisotopic (exact) mass is 1010 g/mol. The number of carbonyl (C=O) groups is 6. The molecular weight excluding hydrogens is 951 g/mol. The van der Waals surface area contributed by atoms with E-state index >= 15 is 0 Å². The van der Waals surface area contributed by atoms with Gasteiger partial charge in [-0.3, -0.25) is 28.8 Å². The maximum atomic E-state index is 13.3. The molecule has 0 saturated heterocycles. The van der Waals surface area contributed by atoms with Crippen molar-refractivity contribution in [2.75, 3.05) is 43.4 Å². The molecule has 0 fully saturated rings. The maximum Gasteiger partial charge on any atom is 0.308 e. The average Bonchev–Trinajstić information content (AvgIpc) is 3.40. The van der Waals surface area contributed by atoms with Gasteiger partial charge in [-0.25, -0.2) is 18.7 Å². The number of nitrogens with one attached hydrogen (secondary N) is 6. The van der Waals surface area contributed by atoms with Gasteiger partial charge in [0.15, 0.2) is 0 Å². The van der Waals surface area contributed by atoms with Crippen LogP contribution in [-0.4, -0.2) is 83.4 Å². The van der Waals surface area contributed by atoms with Gasteiger partial charge in [-0.15, -0.1) is 0 Å². The van der Waals surface area contributed by atoms with Gasteiger partial charge in [-0.1, -0.05) is 72.8 Å². The Morgan fingerprint density at radius 3 is 1.38 bits per heavy atom. The molecule has 18 heteroatoms. The normalized spacial score (nSPS) is 11.3. The molecule has 388 valence electrons. The number of anilines is 2. The number of amides is 4. The second kappa shape index (κ2) is 31.0. The lowest BCUT2D eigenvalue weighted by Gasteiger charge is -2.20. The standard InChI is InChI=1S/C29H33FN4O4.C27H29FN4O4/c1-2-38-29(37)19-25(23-9-7-8-22(18-23)21-12-14-24(30)15-13-21)34-28(36)20-33-27(35)11-4-6-17-32-26-10-3-5-16-31-26;28-22-12-10-19(11-13-22)20-6-5-7-21(16-20)23(17-27(35)36)32-26(34)18-31-25(33)9-2-4-15-30-24-8-1-3-14-29-24/h3,5,7-10,12-16,18,25H,2,4,6,11,17,19-20H2,1H3,(H,31,32)(H,33,35)(H,34,36);1,3,5-8,10-14,16,23H,2,4,9,15,17-18H2,(H,29,30)(H,31,33)(H,32,34)(H,35,36). The van der Waals surface area contributed by atoms with Crippen molar-refractivity contribution in [1.82, 2.24) is 31.2 Å². The molecule has 7 N–H and O–H groups in total. The Bertz CT molecular complexity index is 2720. The SMILES string of the molecule is CCOC(=O)CC(NC(=O)CNC(=O)CCCCNc1ccccn1)c1cccc(-c2ccc(F)cc2)c1.O=C(O)CC(NC(=O)CNC(=O)CCCCNc1ccccn1)c1cccc(-c2ccc(F)cc2)c1. The molecule has 0 spiro atoms. The predicted molar refractivity (Wildman–Crippen MR) is 278 cm³/mol. The third-order valence-electron chi connectivity index (χ3n) is 11.2. The fourth-order valence-corrected chi connectivity index (χ4v) is 7.43. The van der Waals surface area contributed by atoms with Crippen molar-refractivity contribution in [3.63, 3.8) is 0 Å². The van der Waals surface area contributed by atoms with Crippen LogP contribution in [0.25, 0.3) is 22.3 Å². The van der Waals surface area contributed by atoms with E-state index in [4.69, 9.17) is 4.74 Å². The summed E-state index contributed by atoms with van der Waals surface area (Å²) in [4.78, 5) is 81.4. The zero-order valence-electron chi connectivity index (χ0n) is 41.2. The van der Waals surface area contributed by atoms with Crippen LogP contribution in [0.4, 0.5) is 20.4 Å². The minimum absolute atomic E-state index is 0.0658. The third-order valence-corrected chi connectivity index (χ3v) is 11.2. The summed E-state index contributed by atoms with van der Waals surface area (Å²) in [6.07, 6.45) is 6.44. The molecule has 16 nitrogen and oxygen atoms in total. The highest BCUT2D eigenvalue weighted by molar-refractivity contribution is 5.86. The van der Waals surface area contributed by atoms with E-state index in [-0.39, 0.29) is 62.4 Å². The molecule has 2 heterocycles. The number of pyridine rings is 2. The summed E-state index contributed by atoms with van der Waals surface area (Å²) in [5, 5.41) is 26.4. The summed E-state index contributed by atoms with van der Waals surface area (Å²) in [6.45, 7) is 2.85. The van der Waals surface area contributed by atoms with E-state index < -0.39 is 35.8 Å². The number of halogens is 2. The molecular formula is C56H62F2N8O8.